The molecule has 0 radical (unpaired) electrons. The fraction of sp³-hybridized carbons (Fsp3) is 0.471. The summed E-state index contributed by atoms with van der Waals surface area (Å²) >= 11 is 0. The Bertz CT molecular complexity index is 624. The summed E-state index contributed by atoms with van der Waals surface area (Å²) in [6.07, 6.45) is 4.46. The maximum Gasteiger partial charge on any atom is 0.0951 e. The van der Waals surface area contributed by atoms with Crippen LogP contribution in [0.5, 0.6) is 0 Å². The Labute approximate surface area is 125 Å². The van der Waals surface area contributed by atoms with Crippen molar-refractivity contribution < 1.29 is 4.74 Å². The van der Waals surface area contributed by atoms with Crippen LogP contribution in [0.15, 0.2) is 30.5 Å². The fourth-order valence-corrected chi connectivity index (χ4v) is 3.00. The van der Waals surface area contributed by atoms with Crippen molar-refractivity contribution in [2.24, 2.45) is 5.92 Å². The van der Waals surface area contributed by atoms with Gasteiger partial charge < -0.3 is 15.4 Å². The lowest BCUT2D eigenvalue weighted by atomic mass is 10.1. The van der Waals surface area contributed by atoms with Gasteiger partial charge in [0.15, 0.2) is 0 Å². The van der Waals surface area contributed by atoms with Crippen LogP contribution in [0.1, 0.15) is 19.8 Å². The van der Waals surface area contributed by atoms with E-state index in [0.29, 0.717) is 6.04 Å². The van der Waals surface area contributed by atoms with Crippen molar-refractivity contribution in [1.82, 2.24) is 4.98 Å². The van der Waals surface area contributed by atoms with Crippen molar-refractivity contribution in [3.63, 3.8) is 0 Å². The first-order valence-electron chi connectivity index (χ1n) is 7.61. The molecule has 0 bridgehead atoms. The van der Waals surface area contributed by atoms with Gasteiger partial charge in [0, 0.05) is 37.0 Å². The Morgan fingerprint density at radius 2 is 2.19 bits per heavy atom. The number of fused-ring (bicyclic) bond motifs is 1. The van der Waals surface area contributed by atoms with Crippen molar-refractivity contribution in [3.8, 4) is 0 Å². The van der Waals surface area contributed by atoms with Gasteiger partial charge in [-0.15, -0.1) is 0 Å². The van der Waals surface area contributed by atoms with Crippen LogP contribution in [0.25, 0.3) is 10.9 Å². The molecule has 0 aliphatic heterocycles. The molecule has 1 atom stereocenters. The molecule has 2 aromatic rings. The molecule has 1 aromatic carbocycles. The van der Waals surface area contributed by atoms with Gasteiger partial charge in [-0.25, -0.2) is 0 Å². The van der Waals surface area contributed by atoms with E-state index in [-0.39, 0.29) is 0 Å². The topological polar surface area (TPSA) is 51.4 Å². The molecule has 1 unspecified atom stereocenters. The molecule has 3 rings (SSSR count). The van der Waals surface area contributed by atoms with Gasteiger partial charge in [0.25, 0.3) is 0 Å². The fourth-order valence-electron chi connectivity index (χ4n) is 3.00. The standard InChI is InChI=1S/C17H23N3O/c1-12(13-5-6-13)20(10-11-21-2)16-8-7-15(18)17-14(16)4-3-9-19-17/h3-4,7-9,12-13H,5-6,10-11,18H2,1-2H3. The lowest BCUT2D eigenvalue weighted by Crippen LogP contribution is -2.37. The van der Waals surface area contributed by atoms with Gasteiger partial charge in [-0.05, 0) is 49.9 Å². The molecule has 1 fully saturated rings. The first-order chi connectivity index (χ1) is 10.2. The van der Waals surface area contributed by atoms with Gasteiger partial charge in [0.05, 0.1) is 17.8 Å². The predicted octanol–water partition coefficient (Wildman–Crippen LogP) is 3.07. The van der Waals surface area contributed by atoms with Crippen LogP contribution < -0.4 is 10.6 Å². The van der Waals surface area contributed by atoms with Crippen molar-refractivity contribution in [2.45, 2.75) is 25.8 Å². The van der Waals surface area contributed by atoms with Crippen molar-refractivity contribution >= 4 is 22.3 Å². The van der Waals surface area contributed by atoms with Crippen LogP contribution in [0, 0.1) is 5.92 Å². The summed E-state index contributed by atoms with van der Waals surface area (Å²) in [5.74, 6) is 0.797. The monoisotopic (exact) mass is 285 g/mol. The van der Waals surface area contributed by atoms with Gasteiger partial charge in [-0.1, -0.05) is 0 Å². The Morgan fingerprint density at radius 1 is 1.38 bits per heavy atom. The summed E-state index contributed by atoms with van der Waals surface area (Å²) in [6, 6.07) is 8.68. The van der Waals surface area contributed by atoms with Gasteiger partial charge in [0.1, 0.15) is 0 Å². The van der Waals surface area contributed by atoms with Gasteiger partial charge in [-0.2, -0.15) is 0 Å². The van der Waals surface area contributed by atoms with Gasteiger partial charge in [-0.3, -0.25) is 4.98 Å². The Balaban J connectivity index is 2.03. The zero-order valence-electron chi connectivity index (χ0n) is 12.7. The zero-order valence-corrected chi connectivity index (χ0v) is 12.7. The quantitative estimate of drug-likeness (QED) is 0.829. The third-order valence-corrected chi connectivity index (χ3v) is 4.42. The number of benzene rings is 1. The number of nitrogens with two attached hydrogens (primary N) is 1. The highest BCUT2D eigenvalue weighted by Gasteiger charge is 2.32. The van der Waals surface area contributed by atoms with Gasteiger partial charge in [0.2, 0.25) is 0 Å². The maximum absolute atomic E-state index is 6.07. The smallest absolute Gasteiger partial charge is 0.0951 e. The second-order valence-electron chi connectivity index (χ2n) is 5.84. The second-order valence-corrected chi connectivity index (χ2v) is 5.84. The lowest BCUT2D eigenvalue weighted by molar-refractivity contribution is 0.203. The van der Waals surface area contributed by atoms with E-state index in [1.165, 1.54) is 18.5 Å². The molecule has 4 nitrogen and oxygen atoms in total. The van der Waals surface area contributed by atoms with Crippen LogP contribution in [0.2, 0.25) is 0 Å². The molecule has 1 heterocycles. The van der Waals surface area contributed by atoms with E-state index in [4.69, 9.17) is 10.5 Å². The molecule has 4 heteroatoms. The van der Waals surface area contributed by atoms with E-state index in [0.717, 1.165) is 35.7 Å². The van der Waals surface area contributed by atoms with Crippen LogP contribution in [0.4, 0.5) is 11.4 Å². The minimum Gasteiger partial charge on any atom is -0.397 e. The molecule has 1 aliphatic carbocycles. The molecule has 1 saturated carbocycles. The molecular weight excluding hydrogens is 262 g/mol. The lowest BCUT2D eigenvalue weighted by Gasteiger charge is -2.32. The number of nitrogens with zero attached hydrogens (tertiary/aromatic N) is 2. The van der Waals surface area contributed by atoms with Crippen molar-refractivity contribution in [3.05, 3.63) is 30.5 Å². The Kier molecular flexibility index (Phi) is 3.97. The van der Waals surface area contributed by atoms with Crippen molar-refractivity contribution in [1.29, 1.82) is 0 Å². The molecular formula is C17H23N3O. The highest BCUT2D eigenvalue weighted by atomic mass is 16.5. The average molecular weight is 285 g/mol. The first-order valence-corrected chi connectivity index (χ1v) is 7.61. The van der Waals surface area contributed by atoms with Crippen LogP contribution in [0.3, 0.4) is 0 Å². The third-order valence-electron chi connectivity index (χ3n) is 4.42. The highest BCUT2D eigenvalue weighted by Crippen LogP contribution is 2.39. The van der Waals surface area contributed by atoms with E-state index in [9.17, 15) is 0 Å². The second kappa shape index (κ2) is 5.90. The summed E-state index contributed by atoms with van der Waals surface area (Å²) in [7, 11) is 1.75. The number of methoxy groups -OCH3 is 1. The van der Waals surface area contributed by atoms with E-state index in [1.807, 2.05) is 12.1 Å². The SMILES string of the molecule is COCCN(c1ccc(N)c2ncccc12)C(C)C1CC1. The number of hydrogen-bond acceptors (Lipinski definition) is 4. The number of hydrogen-bond donors (Lipinski definition) is 1. The summed E-state index contributed by atoms with van der Waals surface area (Å²) in [5, 5.41) is 1.13. The number of pyridine rings is 1. The summed E-state index contributed by atoms with van der Waals surface area (Å²) in [4.78, 5) is 6.89. The molecule has 1 aliphatic rings. The van der Waals surface area contributed by atoms with Crippen molar-refractivity contribution in [2.75, 3.05) is 30.9 Å². The van der Waals surface area contributed by atoms with E-state index in [2.05, 4.69) is 28.9 Å². The number of anilines is 2. The summed E-state index contributed by atoms with van der Waals surface area (Å²) < 4.78 is 5.30. The summed E-state index contributed by atoms with van der Waals surface area (Å²) in [6.45, 7) is 3.93. The molecule has 0 saturated heterocycles. The van der Waals surface area contributed by atoms with Gasteiger partial charge >= 0.3 is 0 Å². The minimum absolute atomic E-state index is 0.521. The third kappa shape index (κ3) is 2.81. The van der Waals surface area contributed by atoms with Crippen LogP contribution in [-0.2, 0) is 4.74 Å². The number of ether oxygens (including phenoxy) is 1. The Hall–Kier alpha value is -1.81. The predicted molar refractivity (Wildman–Crippen MR) is 87.6 cm³/mol. The molecule has 21 heavy (non-hydrogen) atoms. The Morgan fingerprint density at radius 3 is 2.90 bits per heavy atom. The maximum atomic E-state index is 6.07. The van der Waals surface area contributed by atoms with E-state index in [1.54, 1.807) is 13.3 Å². The van der Waals surface area contributed by atoms with Crippen LogP contribution in [-0.4, -0.2) is 31.3 Å². The van der Waals surface area contributed by atoms with Crippen LogP contribution >= 0.6 is 0 Å². The zero-order chi connectivity index (χ0) is 14.8. The summed E-state index contributed by atoms with van der Waals surface area (Å²) in [5.41, 5.74) is 8.91. The molecule has 0 spiro atoms. The molecule has 2 N–H and O–H groups in total. The normalized spacial score (nSPS) is 16.1. The highest BCUT2D eigenvalue weighted by molar-refractivity contribution is 5.98. The largest absolute Gasteiger partial charge is 0.397 e. The minimum atomic E-state index is 0.521. The van der Waals surface area contributed by atoms with E-state index < -0.39 is 0 Å². The number of rotatable bonds is 6. The molecule has 112 valence electrons. The van der Waals surface area contributed by atoms with E-state index >= 15 is 0 Å². The number of aromatic nitrogens is 1. The number of nitrogen functional groups attached to an aromatic ring is 1. The first kappa shape index (κ1) is 14.1. The molecule has 0 amide bonds. The molecule has 1 aromatic heterocycles. The average Bonchev–Trinajstić information content (AvgIpc) is 3.34.